The maximum atomic E-state index is 11.9. The normalized spacial score (nSPS) is 11.3. The van der Waals surface area contributed by atoms with Gasteiger partial charge in [-0.25, -0.2) is 13.1 Å². The molecule has 0 radical (unpaired) electrons. The van der Waals surface area contributed by atoms with Crippen molar-refractivity contribution in [3.05, 3.63) is 28.2 Å². The summed E-state index contributed by atoms with van der Waals surface area (Å²) in [5.74, 6) is -0.458. The SMILES string of the molecule is COC(=O)CCNS(=O)(=O)c1ccc(C)cc1Br. The van der Waals surface area contributed by atoms with E-state index in [1.807, 2.05) is 6.92 Å². The second-order valence-electron chi connectivity index (χ2n) is 3.66. The van der Waals surface area contributed by atoms with Gasteiger partial charge < -0.3 is 4.74 Å². The Kier molecular flexibility index (Phi) is 5.30. The lowest BCUT2D eigenvalue weighted by molar-refractivity contribution is -0.140. The number of methoxy groups -OCH3 is 1. The Morgan fingerprint density at radius 3 is 2.67 bits per heavy atom. The zero-order valence-electron chi connectivity index (χ0n) is 10.1. The van der Waals surface area contributed by atoms with Crippen molar-refractivity contribution in [1.29, 1.82) is 0 Å². The van der Waals surface area contributed by atoms with Crippen LogP contribution in [0.4, 0.5) is 0 Å². The van der Waals surface area contributed by atoms with Gasteiger partial charge in [-0.05, 0) is 40.5 Å². The Bertz CT molecular complexity index is 542. The van der Waals surface area contributed by atoms with E-state index in [4.69, 9.17) is 0 Å². The minimum Gasteiger partial charge on any atom is -0.469 e. The zero-order valence-corrected chi connectivity index (χ0v) is 12.5. The third-order valence-corrected chi connectivity index (χ3v) is 4.66. The lowest BCUT2D eigenvalue weighted by Crippen LogP contribution is -2.26. The van der Waals surface area contributed by atoms with Crippen molar-refractivity contribution < 1.29 is 17.9 Å². The van der Waals surface area contributed by atoms with Gasteiger partial charge in [0.15, 0.2) is 0 Å². The van der Waals surface area contributed by atoms with Gasteiger partial charge in [0.1, 0.15) is 0 Å². The lowest BCUT2D eigenvalue weighted by Gasteiger charge is -2.08. The molecule has 100 valence electrons. The van der Waals surface area contributed by atoms with Crippen LogP contribution in [0.1, 0.15) is 12.0 Å². The predicted molar refractivity (Wildman–Crippen MR) is 70.7 cm³/mol. The minimum atomic E-state index is -3.62. The average Bonchev–Trinajstić information content (AvgIpc) is 2.27. The van der Waals surface area contributed by atoms with Crippen molar-refractivity contribution in [2.75, 3.05) is 13.7 Å². The smallest absolute Gasteiger partial charge is 0.306 e. The number of benzene rings is 1. The van der Waals surface area contributed by atoms with Gasteiger partial charge in [0.25, 0.3) is 0 Å². The van der Waals surface area contributed by atoms with Gasteiger partial charge in [0, 0.05) is 11.0 Å². The van der Waals surface area contributed by atoms with Crippen LogP contribution in [0.5, 0.6) is 0 Å². The molecule has 1 N–H and O–H groups in total. The monoisotopic (exact) mass is 335 g/mol. The lowest BCUT2D eigenvalue weighted by atomic mass is 10.2. The molecule has 0 spiro atoms. The number of carbonyl (C=O) groups excluding carboxylic acids is 1. The molecule has 5 nitrogen and oxygen atoms in total. The number of hydrogen-bond donors (Lipinski definition) is 1. The molecule has 0 aliphatic carbocycles. The van der Waals surface area contributed by atoms with E-state index < -0.39 is 16.0 Å². The Hall–Kier alpha value is -0.920. The molecule has 1 aromatic rings. The van der Waals surface area contributed by atoms with Crippen molar-refractivity contribution in [2.45, 2.75) is 18.2 Å². The molecule has 0 saturated heterocycles. The largest absolute Gasteiger partial charge is 0.469 e. The fraction of sp³-hybridized carbons (Fsp3) is 0.364. The Morgan fingerprint density at radius 2 is 2.11 bits per heavy atom. The summed E-state index contributed by atoms with van der Waals surface area (Å²) in [7, 11) is -2.36. The van der Waals surface area contributed by atoms with E-state index >= 15 is 0 Å². The molecule has 0 atom stereocenters. The molecule has 0 bridgehead atoms. The summed E-state index contributed by atoms with van der Waals surface area (Å²) in [6, 6.07) is 4.94. The highest BCUT2D eigenvalue weighted by atomic mass is 79.9. The predicted octanol–water partition coefficient (Wildman–Crippen LogP) is 1.60. The standard InChI is InChI=1S/C11H14BrNO4S/c1-8-3-4-10(9(12)7-8)18(15,16)13-6-5-11(14)17-2/h3-4,7,13H,5-6H2,1-2H3. The van der Waals surface area contributed by atoms with Crippen molar-refractivity contribution >= 4 is 31.9 Å². The number of halogens is 1. The van der Waals surface area contributed by atoms with Crippen LogP contribution in [0.15, 0.2) is 27.6 Å². The second-order valence-corrected chi connectivity index (χ2v) is 6.25. The van der Waals surface area contributed by atoms with Crippen LogP contribution in [-0.2, 0) is 19.6 Å². The first-order chi connectivity index (χ1) is 8.36. The van der Waals surface area contributed by atoms with Gasteiger partial charge >= 0.3 is 5.97 Å². The van der Waals surface area contributed by atoms with Crippen LogP contribution in [-0.4, -0.2) is 28.0 Å². The van der Waals surface area contributed by atoms with E-state index in [1.54, 1.807) is 12.1 Å². The van der Waals surface area contributed by atoms with Gasteiger partial charge in [-0.2, -0.15) is 0 Å². The zero-order chi connectivity index (χ0) is 13.8. The van der Waals surface area contributed by atoms with Crippen LogP contribution in [0.2, 0.25) is 0 Å². The number of nitrogens with one attached hydrogen (secondary N) is 1. The maximum absolute atomic E-state index is 11.9. The number of sulfonamides is 1. The first-order valence-corrected chi connectivity index (χ1v) is 7.47. The van der Waals surface area contributed by atoms with Gasteiger partial charge in [-0.15, -0.1) is 0 Å². The summed E-state index contributed by atoms with van der Waals surface area (Å²) >= 11 is 3.21. The van der Waals surface area contributed by atoms with Gasteiger partial charge in [-0.3, -0.25) is 4.79 Å². The number of esters is 1. The first kappa shape index (κ1) is 15.1. The van der Waals surface area contributed by atoms with Crippen molar-refractivity contribution in [2.24, 2.45) is 0 Å². The average molecular weight is 336 g/mol. The van der Waals surface area contributed by atoms with E-state index in [-0.39, 0.29) is 17.9 Å². The van der Waals surface area contributed by atoms with Crippen molar-refractivity contribution in [3.63, 3.8) is 0 Å². The molecule has 0 fully saturated rings. The number of hydrogen-bond acceptors (Lipinski definition) is 4. The highest BCUT2D eigenvalue weighted by Gasteiger charge is 2.17. The molecule has 1 aromatic carbocycles. The summed E-state index contributed by atoms with van der Waals surface area (Å²) in [4.78, 5) is 11.0. The minimum absolute atomic E-state index is 0.000783. The molecule has 0 saturated carbocycles. The number of ether oxygens (including phenoxy) is 1. The van der Waals surface area contributed by atoms with E-state index in [0.29, 0.717) is 4.47 Å². The highest BCUT2D eigenvalue weighted by molar-refractivity contribution is 9.10. The molecule has 7 heteroatoms. The second kappa shape index (κ2) is 6.31. The molecule has 0 amide bonds. The third-order valence-electron chi connectivity index (χ3n) is 2.23. The fourth-order valence-corrected chi connectivity index (χ4v) is 3.51. The molecular weight excluding hydrogens is 322 g/mol. The number of aryl methyl sites for hydroxylation is 1. The maximum Gasteiger partial charge on any atom is 0.306 e. The quantitative estimate of drug-likeness (QED) is 0.829. The third kappa shape index (κ3) is 4.08. The summed E-state index contributed by atoms with van der Waals surface area (Å²) in [5.41, 5.74) is 0.954. The molecule has 0 aromatic heterocycles. The molecule has 0 aliphatic rings. The molecule has 18 heavy (non-hydrogen) atoms. The van der Waals surface area contributed by atoms with E-state index in [9.17, 15) is 13.2 Å². The van der Waals surface area contributed by atoms with Gasteiger partial charge in [-0.1, -0.05) is 6.07 Å². The molecule has 0 aliphatic heterocycles. The summed E-state index contributed by atoms with van der Waals surface area (Å²) in [5, 5.41) is 0. The molecule has 1 rings (SSSR count). The van der Waals surface area contributed by atoms with Crippen molar-refractivity contribution in [3.8, 4) is 0 Å². The van der Waals surface area contributed by atoms with Gasteiger partial charge in [0.05, 0.1) is 18.4 Å². The van der Waals surface area contributed by atoms with Crippen LogP contribution in [0, 0.1) is 6.92 Å². The van der Waals surface area contributed by atoms with Crippen LogP contribution in [0.25, 0.3) is 0 Å². The topological polar surface area (TPSA) is 72.5 Å². The summed E-state index contributed by atoms with van der Waals surface area (Å²) < 4.78 is 31.1. The number of carbonyl (C=O) groups is 1. The highest BCUT2D eigenvalue weighted by Crippen LogP contribution is 2.22. The Labute approximate surface area is 115 Å². The van der Waals surface area contributed by atoms with Crippen LogP contribution >= 0.6 is 15.9 Å². The number of rotatable bonds is 5. The van der Waals surface area contributed by atoms with Gasteiger partial charge in [0.2, 0.25) is 10.0 Å². The van der Waals surface area contributed by atoms with E-state index in [2.05, 4.69) is 25.4 Å². The Balaban J connectivity index is 2.77. The fourth-order valence-electron chi connectivity index (χ4n) is 1.29. The van der Waals surface area contributed by atoms with Crippen molar-refractivity contribution in [1.82, 2.24) is 4.72 Å². The molecule has 0 unspecified atom stereocenters. The molecular formula is C11H14BrNO4S. The molecule has 0 heterocycles. The van der Waals surface area contributed by atoms with Crippen LogP contribution in [0.3, 0.4) is 0 Å². The van der Waals surface area contributed by atoms with Crippen LogP contribution < -0.4 is 4.72 Å². The van der Waals surface area contributed by atoms with E-state index in [0.717, 1.165) is 5.56 Å². The summed E-state index contributed by atoms with van der Waals surface area (Å²) in [6.07, 6.45) is -0.000783. The summed E-state index contributed by atoms with van der Waals surface area (Å²) in [6.45, 7) is 1.88. The van der Waals surface area contributed by atoms with E-state index in [1.165, 1.54) is 13.2 Å². The Morgan fingerprint density at radius 1 is 1.44 bits per heavy atom. The first-order valence-electron chi connectivity index (χ1n) is 5.19.